The van der Waals surface area contributed by atoms with E-state index in [1.165, 1.54) is 19.2 Å². The molecule has 0 N–H and O–H groups in total. The molecule has 0 saturated heterocycles. The van der Waals surface area contributed by atoms with Crippen LogP contribution in [0.4, 0.5) is 26.3 Å². The maximum absolute atomic E-state index is 12.7. The van der Waals surface area contributed by atoms with E-state index in [1.54, 1.807) is 0 Å². The van der Waals surface area contributed by atoms with Crippen LogP contribution < -0.4 is 4.74 Å². The van der Waals surface area contributed by atoms with Crippen molar-refractivity contribution in [2.45, 2.75) is 19.3 Å². The van der Waals surface area contributed by atoms with E-state index in [0.29, 0.717) is 11.6 Å². The van der Waals surface area contributed by atoms with Crippen LogP contribution in [0.15, 0.2) is 36.8 Å². The number of hydrogen-bond acceptors (Lipinski definition) is 5. The third-order valence-corrected chi connectivity index (χ3v) is 3.23. The van der Waals surface area contributed by atoms with Gasteiger partial charge in [0.05, 0.1) is 0 Å². The monoisotopic (exact) mass is 389 g/mol. The number of aryl methyl sites for hydroxylation is 1. The SMILES string of the molecule is Cc1cnc(-n2ccc(C(F)(F)F)n2)nc1Oc1ccnc(C(F)(F)F)c1. The molecule has 6 nitrogen and oxygen atoms in total. The lowest BCUT2D eigenvalue weighted by Gasteiger charge is -2.11. The maximum Gasteiger partial charge on any atom is 0.435 e. The van der Waals surface area contributed by atoms with Crippen LogP contribution in [0.3, 0.4) is 0 Å². The Labute approximate surface area is 147 Å². The summed E-state index contributed by atoms with van der Waals surface area (Å²) >= 11 is 0. The molecule has 3 rings (SSSR count). The van der Waals surface area contributed by atoms with Crippen molar-refractivity contribution in [1.82, 2.24) is 24.7 Å². The predicted molar refractivity (Wildman–Crippen MR) is 78.2 cm³/mol. The molecule has 0 aromatic carbocycles. The van der Waals surface area contributed by atoms with Gasteiger partial charge in [0.25, 0.3) is 5.95 Å². The van der Waals surface area contributed by atoms with E-state index in [1.807, 2.05) is 0 Å². The van der Waals surface area contributed by atoms with E-state index in [-0.39, 0.29) is 17.6 Å². The molecule has 3 aromatic heterocycles. The first-order chi connectivity index (χ1) is 12.5. The number of ether oxygens (including phenoxy) is 1. The third-order valence-electron chi connectivity index (χ3n) is 3.23. The highest BCUT2D eigenvalue weighted by Gasteiger charge is 2.34. The molecular formula is C15H9F6N5O. The van der Waals surface area contributed by atoms with Gasteiger partial charge in [0.15, 0.2) is 5.69 Å². The van der Waals surface area contributed by atoms with Crippen molar-refractivity contribution in [3.05, 3.63) is 53.7 Å². The highest BCUT2D eigenvalue weighted by Crippen LogP contribution is 2.31. The number of pyridine rings is 1. The average molecular weight is 389 g/mol. The molecule has 0 radical (unpaired) electrons. The van der Waals surface area contributed by atoms with Gasteiger partial charge < -0.3 is 4.74 Å². The third kappa shape index (κ3) is 4.15. The van der Waals surface area contributed by atoms with E-state index in [0.717, 1.165) is 23.1 Å². The van der Waals surface area contributed by atoms with E-state index >= 15 is 0 Å². The maximum atomic E-state index is 12.7. The predicted octanol–water partition coefficient (Wildman–Crippen LogP) is 4.20. The summed E-state index contributed by atoms with van der Waals surface area (Å²) in [6.07, 6.45) is -6.13. The first-order valence-corrected chi connectivity index (χ1v) is 7.22. The summed E-state index contributed by atoms with van der Waals surface area (Å²) in [4.78, 5) is 11.0. The van der Waals surface area contributed by atoms with Crippen molar-refractivity contribution in [3.8, 4) is 17.6 Å². The van der Waals surface area contributed by atoms with Gasteiger partial charge in [-0.3, -0.25) is 4.98 Å². The van der Waals surface area contributed by atoms with Crippen molar-refractivity contribution in [2.75, 3.05) is 0 Å². The molecule has 0 aliphatic carbocycles. The lowest BCUT2D eigenvalue weighted by atomic mass is 10.3. The van der Waals surface area contributed by atoms with Gasteiger partial charge in [-0.1, -0.05) is 0 Å². The molecule has 0 fully saturated rings. The van der Waals surface area contributed by atoms with Crippen LogP contribution in [-0.2, 0) is 12.4 Å². The highest BCUT2D eigenvalue weighted by molar-refractivity contribution is 5.33. The van der Waals surface area contributed by atoms with Crippen LogP contribution in [0, 0.1) is 6.92 Å². The zero-order chi connectivity index (χ0) is 19.8. The van der Waals surface area contributed by atoms with Gasteiger partial charge in [-0.2, -0.15) is 36.4 Å². The molecule has 12 heteroatoms. The van der Waals surface area contributed by atoms with Gasteiger partial charge in [0.2, 0.25) is 5.88 Å². The Morgan fingerprint density at radius 1 is 0.963 bits per heavy atom. The fourth-order valence-electron chi connectivity index (χ4n) is 1.96. The fraction of sp³-hybridized carbons (Fsp3) is 0.200. The van der Waals surface area contributed by atoms with Gasteiger partial charge in [0, 0.05) is 30.2 Å². The quantitative estimate of drug-likeness (QED) is 0.629. The van der Waals surface area contributed by atoms with Crippen LogP contribution in [-0.4, -0.2) is 24.7 Å². The summed E-state index contributed by atoms with van der Waals surface area (Å²) in [5.41, 5.74) is -1.95. The number of halogens is 6. The zero-order valence-corrected chi connectivity index (χ0v) is 13.4. The van der Waals surface area contributed by atoms with Crippen LogP contribution in [0.5, 0.6) is 11.6 Å². The Morgan fingerprint density at radius 3 is 2.30 bits per heavy atom. The summed E-state index contributed by atoms with van der Waals surface area (Å²) < 4.78 is 82.2. The first-order valence-electron chi connectivity index (χ1n) is 7.22. The molecule has 0 saturated carbocycles. The Hall–Kier alpha value is -3.18. The summed E-state index contributed by atoms with van der Waals surface area (Å²) in [6.45, 7) is 1.52. The van der Waals surface area contributed by atoms with Crippen LogP contribution >= 0.6 is 0 Å². The summed E-state index contributed by atoms with van der Waals surface area (Å²) in [5.74, 6) is -0.568. The first kappa shape index (κ1) is 18.6. The van der Waals surface area contributed by atoms with Crippen LogP contribution in [0.25, 0.3) is 5.95 Å². The summed E-state index contributed by atoms with van der Waals surface area (Å²) in [7, 11) is 0. The van der Waals surface area contributed by atoms with Crippen LogP contribution in [0.2, 0.25) is 0 Å². The minimum atomic E-state index is -4.66. The molecule has 0 bridgehead atoms. The van der Waals surface area contributed by atoms with Gasteiger partial charge in [-0.25, -0.2) is 9.67 Å². The largest absolute Gasteiger partial charge is 0.438 e. The standard InChI is InChI=1S/C15H9F6N5O/c1-8-7-23-13(26-5-3-10(25-26)14(16,17)18)24-12(8)27-9-2-4-22-11(6-9)15(19,20)21/h2-7H,1H3. The van der Waals surface area contributed by atoms with Gasteiger partial charge >= 0.3 is 12.4 Å². The van der Waals surface area contributed by atoms with Crippen molar-refractivity contribution in [3.63, 3.8) is 0 Å². The van der Waals surface area contributed by atoms with E-state index < -0.39 is 23.7 Å². The minimum absolute atomic E-state index is 0.136. The molecule has 3 aromatic rings. The Morgan fingerprint density at radius 2 is 1.67 bits per heavy atom. The number of alkyl halides is 6. The Bertz CT molecular complexity index is 966. The van der Waals surface area contributed by atoms with Crippen molar-refractivity contribution in [2.24, 2.45) is 0 Å². The molecule has 142 valence electrons. The van der Waals surface area contributed by atoms with Gasteiger partial charge in [0.1, 0.15) is 11.4 Å². The van der Waals surface area contributed by atoms with Crippen molar-refractivity contribution in [1.29, 1.82) is 0 Å². The highest BCUT2D eigenvalue weighted by atomic mass is 19.4. The fourth-order valence-corrected chi connectivity index (χ4v) is 1.96. The molecule has 0 atom stereocenters. The van der Waals surface area contributed by atoms with Gasteiger partial charge in [-0.15, -0.1) is 0 Å². The molecule has 0 aliphatic rings. The topological polar surface area (TPSA) is 65.7 Å². The molecule has 0 unspecified atom stereocenters. The van der Waals surface area contributed by atoms with Crippen molar-refractivity contribution < 1.29 is 31.1 Å². The summed E-state index contributed by atoms with van der Waals surface area (Å²) in [5, 5.41) is 3.33. The second-order valence-corrected chi connectivity index (χ2v) is 5.28. The average Bonchev–Trinajstić information content (AvgIpc) is 3.07. The van der Waals surface area contributed by atoms with Crippen LogP contribution in [0.1, 0.15) is 17.0 Å². The number of rotatable bonds is 3. The summed E-state index contributed by atoms with van der Waals surface area (Å²) in [6, 6.07) is 2.60. The molecule has 3 heterocycles. The number of aromatic nitrogens is 5. The van der Waals surface area contributed by atoms with Gasteiger partial charge in [-0.05, 0) is 19.1 Å². The lowest BCUT2D eigenvalue weighted by Crippen LogP contribution is -2.09. The number of hydrogen-bond donors (Lipinski definition) is 0. The smallest absolute Gasteiger partial charge is 0.435 e. The van der Waals surface area contributed by atoms with E-state index in [9.17, 15) is 26.3 Å². The van der Waals surface area contributed by atoms with E-state index in [4.69, 9.17) is 4.74 Å². The normalized spacial score (nSPS) is 12.3. The lowest BCUT2D eigenvalue weighted by molar-refractivity contribution is -0.142. The molecule has 27 heavy (non-hydrogen) atoms. The van der Waals surface area contributed by atoms with Crippen molar-refractivity contribution >= 4 is 0 Å². The second-order valence-electron chi connectivity index (χ2n) is 5.28. The molecular weight excluding hydrogens is 380 g/mol. The zero-order valence-electron chi connectivity index (χ0n) is 13.4. The number of nitrogens with zero attached hydrogens (tertiary/aromatic N) is 5. The minimum Gasteiger partial charge on any atom is -0.438 e. The molecule has 0 spiro atoms. The molecule has 0 amide bonds. The second kappa shape index (κ2) is 6.52. The molecule has 0 aliphatic heterocycles. The Balaban J connectivity index is 1.92. The Kier molecular flexibility index (Phi) is 4.49. The van der Waals surface area contributed by atoms with E-state index in [2.05, 4.69) is 20.1 Å².